The Bertz CT molecular complexity index is 837. The minimum absolute atomic E-state index is 0.0959. The Balaban J connectivity index is 1.35. The first-order chi connectivity index (χ1) is 13.7. The van der Waals surface area contributed by atoms with Crippen molar-refractivity contribution in [3.05, 3.63) is 59.7 Å². The Morgan fingerprint density at radius 2 is 1.82 bits per heavy atom. The van der Waals surface area contributed by atoms with E-state index in [-0.39, 0.29) is 5.91 Å². The monoisotopic (exact) mass is 376 g/mol. The van der Waals surface area contributed by atoms with Gasteiger partial charge in [-0.05, 0) is 50.0 Å². The SMILES string of the molecule is Cc1ncc(C(=O)N2C[C@@H]3C[C@H](C2)[C@@H]2CCC[C@H](c4ccccc4)N2C3)cn1. The molecule has 3 aliphatic rings. The lowest BCUT2D eigenvalue weighted by Crippen LogP contribution is -2.60. The lowest BCUT2D eigenvalue weighted by atomic mass is 9.74. The fourth-order valence-electron chi connectivity index (χ4n) is 5.69. The van der Waals surface area contributed by atoms with Crippen molar-refractivity contribution in [1.82, 2.24) is 19.8 Å². The molecule has 0 aliphatic carbocycles. The normalized spacial score (nSPS) is 30.0. The highest BCUT2D eigenvalue weighted by atomic mass is 16.2. The van der Waals surface area contributed by atoms with Crippen LogP contribution in [0.15, 0.2) is 42.7 Å². The van der Waals surface area contributed by atoms with E-state index in [0.29, 0.717) is 35.3 Å². The van der Waals surface area contributed by atoms with Crippen molar-refractivity contribution < 1.29 is 4.79 Å². The van der Waals surface area contributed by atoms with Gasteiger partial charge in [0.2, 0.25) is 0 Å². The summed E-state index contributed by atoms with van der Waals surface area (Å²) in [6, 6.07) is 12.1. The molecule has 5 rings (SSSR count). The lowest BCUT2D eigenvalue weighted by molar-refractivity contribution is -0.0511. The van der Waals surface area contributed by atoms with Gasteiger partial charge in [-0.3, -0.25) is 9.69 Å². The molecule has 28 heavy (non-hydrogen) atoms. The van der Waals surface area contributed by atoms with E-state index < -0.39 is 0 Å². The summed E-state index contributed by atoms with van der Waals surface area (Å²) in [5, 5.41) is 0. The minimum Gasteiger partial charge on any atom is -0.338 e. The molecule has 0 spiro atoms. The number of hydrogen-bond donors (Lipinski definition) is 0. The first-order valence-electron chi connectivity index (χ1n) is 10.6. The predicted octanol–water partition coefficient (Wildman–Crippen LogP) is 3.47. The molecule has 0 N–H and O–H groups in total. The number of nitrogens with zero attached hydrogens (tertiary/aromatic N) is 4. The van der Waals surface area contributed by atoms with Crippen molar-refractivity contribution in [3.8, 4) is 0 Å². The number of benzene rings is 1. The Morgan fingerprint density at radius 3 is 2.61 bits per heavy atom. The second-order valence-corrected chi connectivity index (χ2v) is 8.71. The summed E-state index contributed by atoms with van der Waals surface area (Å²) in [4.78, 5) is 26.3. The number of amides is 1. The van der Waals surface area contributed by atoms with Gasteiger partial charge in [0, 0.05) is 44.1 Å². The molecule has 146 valence electrons. The second-order valence-electron chi connectivity index (χ2n) is 8.71. The Hall–Kier alpha value is -2.27. The third kappa shape index (κ3) is 3.22. The molecule has 0 saturated carbocycles. The van der Waals surface area contributed by atoms with Crippen LogP contribution in [-0.4, -0.2) is 51.4 Å². The maximum absolute atomic E-state index is 13.0. The van der Waals surface area contributed by atoms with Crippen molar-refractivity contribution in [2.45, 2.75) is 44.7 Å². The number of carbonyl (C=O) groups excluding carboxylic acids is 1. The molecular weight excluding hydrogens is 348 g/mol. The molecule has 5 nitrogen and oxygen atoms in total. The summed E-state index contributed by atoms with van der Waals surface area (Å²) in [5.41, 5.74) is 2.07. The summed E-state index contributed by atoms with van der Waals surface area (Å²) in [5.74, 6) is 1.94. The largest absolute Gasteiger partial charge is 0.338 e. The van der Waals surface area contributed by atoms with Crippen molar-refractivity contribution in [3.63, 3.8) is 0 Å². The quantitative estimate of drug-likeness (QED) is 0.805. The minimum atomic E-state index is 0.0959. The number of carbonyl (C=O) groups is 1. The zero-order valence-electron chi connectivity index (χ0n) is 16.5. The van der Waals surface area contributed by atoms with Gasteiger partial charge in [-0.2, -0.15) is 0 Å². The Kier molecular flexibility index (Phi) is 4.63. The summed E-state index contributed by atoms with van der Waals surface area (Å²) in [6.45, 7) is 4.68. The molecule has 1 aromatic heterocycles. The van der Waals surface area contributed by atoms with Crippen LogP contribution in [0.3, 0.4) is 0 Å². The topological polar surface area (TPSA) is 49.3 Å². The number of aromatic nitrogens is 2. The average Bonchev–Trinajstić information content (AvgIpc) is 2.74. The standard InChI is InChI=1S/C23H28N4O/c1-16-24-11-20(12-25-16)23(28)26-13-17-10-19(15-26)22-9-5-8-21(27(22)14-17)18-6-3-2-4-7-18/h2-4,6-7,11-12,17,19,21-22H,5,8-10,13-15H2,1H3/t17-,19+,21+,22-/m0/s1. The molecule has 1 amide bonds. The van der Waals surface area contributed by atoms with Gasteiger partial charge in [0.15, 0.2) is 0 Å². The molecule has 4 atom stereocenters. The number of likely N-dealkylation sites (tertiary alicyclic amines) is 1. The number of piperidine rings is 3. The van der Waals surface area contributed by atoms with Gasteiger partial charge >= 0.3 is 0 Å². The zero-order chi connectivity index (χ0) is 19.1. The zero-order valence-corrected chi connectivity index (χ0v) is 16.5. The molecule has 4 heterocycles. The van der Waals surface area contributed by atoms with Crippen LogP contribution in [0.2, 0.25) is 0 Å². The summed E-state index contributed by atoms with van der Waals surface area (Å²) < 4.78 is 0. The van der Waals surface area contributed by atoms with Crippen LogP contribution >= 0.6 is 0 Å². The van der Waals surface area contributed by atoms with Crippen LogP contribution in [0, 0.1) is 18.8 Å². The third-order valence-electron chi connectivity index (χ3n) is 6.89. The van der Waals surface area contributed by atoms with Gasteiger partial charge in [-0.1, -0.05) is 30.3 Å². The maximum Gasteiger partial charge on any atom is 0.257 e. The highest BCUT2D eigenvalue weighted by molar-refractivity contribution is 5.93. The van der Waals surface area contributed by atoms with Gasteiger partial charge in [0.1, 0.15) is 5.82 Å². The number of fused-ring (bicyclic) bond motifs is 4. The first kappa shape index (κ1) is 17.8. The smallest absolute Gasteiger partial charge is 0.257 e. The lowest BCUT2D eigenvalue weighted by Gasteiger charge is -2.55. The van der Waals surface area contributed by atoms with Gasteiger partial charge in [-0.15, -0.1) is 0 Å². The van der Waals surface area contributed by atoms with E-state index in [1.165, 1.54) is 31.2 Å². The van der Waals surface area contributed by atoms with Crippen LogP contribution in [0.25, 0.3) is 0 Å². The van der Waals surface area contributed by atoms with Crippen LogP contribution in [0.5, 0.6) is 0 Å². The van der Waals surface area contributed by atoms with Crippen molar-refractivity contribution >= 4 is 5.91 Å². The molecule has 0 unspecified atom stereocenters. The van der Waals surface area contributed by atoms with Crippen LogP contribution in [0.4, 0.5) is 0 Å². The van der Waals surface area contributed by atoms with E-state index in [9.17, 15) is 4.79 Å². The van der Waals surface area contributed by atoms with E-state index in [4.69, 9.17) is 0 Å². The number of aryl methyl sites for hydroxylation is 1. The van der Waals surface area contributed by atoms with Crippen molar-refractivity contribution in [2.75, 3.05) is 19.6 Å². The molecule has 0 radical (unpaired) electrons. The molecule has 3 saturated heterocycles. The van der Waals surface area contributed by atoms with E-state index in [1.54, 1.807) is 12.4 Å². The van der Waals surface area contributed by atoms with Crippen molar-refractivity contribution in [1.29, 1.82) is 0 Å². The molecule has 5 heteroatoms. The number of rotatable bonds is 2. The molecular formula is C23H28N4O. The average molecular weight is 377 g/mol. The van der Waals surface area contributed by atoms with Gasteiger partial charge in [0.25, 0.3) is 5.91 Å². The molecule has 1 aromatic carbocycles. The van der Waals surface area contributed by atoms with Gasteiger partial charge < -0.3 is 4.90 Å². The van der Waals surface area contributed by atoms with E-state index in [0.717, 1.165) is 19.6 Å². The molecule has 2 bridgehead atoms. The molecule has 2 aromatic rings. The van der Waals surface area contributed by atoms with Crippen LogP contribution < -0.4 is 0 Å². The Labute approximate surface area is 166 Å². The summed E-state index contributed by atoms with van der Waals surface area (Å²) >= 11 is 0. The van der Waals surface area contributed by atoms with Gasteiger partial charge in [0.05, 0.1) is 5.56 Å². The maximum atomic E-state index is 13.0. The molecule has 3 aliphatic heterocycles. The van der Waals surface area contributed by atoms with E-state index >= 15 is 0 Å². The van der Waals surface area contributed by atoms with Crippen LogP contribution in [0.1, 0.15) is 53.5 Å². The summed E-state index contributed by atoms with van der Waals surface area (Å²) in [7, 11) is 0. The van der Waals surface area contributed by atoms with Gasteiger partial charge in [-0.25, -0.2) is 9.97 Å². The molecule has 3 fully saturated rings. The van der Waals surface area contributed by atoms with E-state index in [2.05, 4.69) is 50.1 Å². The number of hydrogen-bond acceptors (Lipinski definition) is 4. The fraction of sp³-hybridized carbons (Fsp3) is 0.522. The summed E-state index contributed by atoms with van der Waals surface area (Å²) in [6.07, 6.45) is 8.40. The predicted molar refractivity (Wildman–Crippen MR) is 108 cm³/mol. The highest BCUT2D eigenvalue weighted by Crippen LogP contribution is 2.44. The highest BCUT2D eigenvalue weighted by Gasteiger charge is 2.45. The first-order valence-corrected chi connectivity index (χ1v) is 10.6. The third-order valence-corrected chi connectivity index (χ3v) is 6.89. The fourth-order valence-corrected chi connectivity index (χ4v) is 5.69. The van der Waals surface area contributed by atoms with Crippen LogP contribution in [-0.2, 0) is 0 Å². The second kappa shape index (κ2) is 7.28. The van der Waals surface area contributed by atoms with Crippen molar-refractivity contribution in [2.24, 2.45) is 11.8 Å². The Morgan fingerprint density at radius 1 is 1.04 bits per heavy atom. The van der Waals surface area contributed by atoms with E-state index in [1.807, 2.05) is 6.92 Å².